The van der Waals surface area contributed by atoms with Gasteiger partial charge in [-0.05, 0) is 20.3 Å². The zero-order valence-electron chi connectivity index (χ0n) is 9.33. The minimum absolute atomic E-state index is 0.533. The van der Waals surface area contributed by atoms with Gasteiger partial charge in [0.2, 0.25) is 0 Å². The fourth-order valence-corrected chi connectivity index (χ4v) is 1.25. The molecular weight excluding hydrogens is 178 g/mol. The van der Waals surface area contributed by atoms with E-state index in [2.05, 4.69) is 17.3 Å². The average molecular weight is 197 g/mol. The summed E-state index contributed by atoms with van der Waals surface area (Å²) in [7, 11) is 1.90. The summed E-state index contributed by atoms with van der Waals surface area (Å²) in [6, 6.07) is 0. The summed E-state index contributed by atoms with van der Waals surface area (Å²) >= 11 is 0. The molecule has 0 aliphatic carbocycles. The monoisotopic (exact) mass is 197 g/mol. The molecule has 0 saturated heterocycles. The SMILES string of the molecule is CCc1nn(C)cc1NCC(C)(C)O. The molecule has 0 radical (unpaired) electrons. The van der Waals surface area contributed by atoms with Crippen LogP contribution in [0.4, 0.5) is 5.69 Å². The van der Waals surface area contributed by atoms with Gasteiger partial charge in [-0.3, -0.25) is 4.68 Å². The lowest BCUT2D eigenvalue weighted by Crippen LogP contribution is -2.29. The van der Waals surface area contributed by atoms with Crippen LogP contribution in [0.3, 0.4) is 0 Å². The Morgan fingerprint density at radius 1 is 1.57 bits per heavy atom. The van der Waals surface area contributed by atoms with Crippen molar-refractivity contribution >= 4 is 5.69 Å². The third-order valence-electron chi connectivity index (χ3n) is 1.95. The van der Waals surface area contributed by atoms with Gasteiger partial charge in [-0.15, -0.1) is 0 Å². The highest BCUT2D eigenvalue weighted by Crippen LogP contribution is 2.14. The van der Waals surface area contributed by atoms with Crippen molar-refractivity contribution in [2.24, 2.45) is 7.05 Å². The van der Waals surface area contributed by atoms with Gasteiger partial charge in [-0.25, -0.2) is 0 Å². The molecule has 0 bridgehead atoms. The molecule has 80 valence electrons. The van der Waals surface area contributed by atoms with Crippen LogP contribution in [0.25, 0.3) is 0 Å². The molecule has 0 unspecified atom stereocenters. The van der Waals surface area contributed by atoms with Gasteiger partial charge in [0.1, 0.15) is 0 Å². The quantitative estimate of drug-likeness (QED) is 0.761. The van der Waals surface area contributed by atoms with Crippen LogP contribution in [-0.2, 0) is 13.5 Å². The van der Waals surface area contributed by atoms with Crippen LogP contribution in [0.5, 0.6) is 0 Å². The molecule has 2 N–H and O–H groups in total. The number of hydrogen-bond acceptors (Lipinski definition) is 3. The van der Waals surface area contributed by atoms with Gasteiger partial charge in [-0.2, -0.15) is 5.10 Å². The first kappa shape index (κ1) is 11.0. The van der Waals surface area contributed by atoms with E-state index in [-0.39, 0.29) is 0 Å². The number of anilines is 1. The van der Waals surface area contributed by atoms with Crippen molar-refractivity contribution in [2.75, 3.05) is 11.9 Å². The highest BCUT2D eigenvalue weighted by molar-refractivity contribution is 5.46. The van der Waals surface area contributed by atoms with Crippen LogP contribution in [0.2, 0.25) is 0 Å². The summed E-state index contributed by atoms with van der Waals surface area (Å²) in [5.74, 6) is 0. The van der Waals surface area contributed by atoms with E-state index in [0.717, 1.165) is 17.8 Å². The zero-order chi connectivity index (χ0) is 10.8. The van der Waals surface area contributed by atoms with Crippen LogP contribution in [-0.4, -0.2) is 27.0 Å². The van der Waals surface area contributed by atoms with Crippen molar-refractivity contribution < 1.29 is 5.11 Å². The Morgan fingerprint density at radius 2 is 2.21 bits per heavy atom. The number of rotatable bonds is 4. The molecule has 0 atom stereocenters. The third kappa shape index (κ3) is 3.03. The number of nitrogens with one attached hydrogen (secondary N) is 1. The van der Waals surface area contributed by atoms with E-state index < -0.39 is 5.60 Å². The highest BCUT2D eigenvalue weighted by atomic mass is 16.3. The molecule has 4 heteroatoms. The summed E-state index contributed by atoms with van der Waals surface area (Å²) in [6.45, 7) is 6.16. The molecule has 0 fully saturated rings. The number of nitrogens with zero attached hydrogens (tertiary/aromatic N) is 2. The van der Waals surface area contributed by atoms with Crippen LogP contribution in [0, 0.1) is 0 Å². The maximum Gasteiger partial charge on any atom is 0.0853 e. The number of aryl methyl sites for hydroxylation is 2. The predicted octanol–water partition coefficient (Wildman–Crippen LogP) is 1.17. The largest absolute Gasteiger partial charge is 0.389 e. The number of hydrogen-bond donors (Lipinski definition) is 2. The van der Waals surface area contributed by atoms with Gasteiger partial charge >= 0.3 is 0 Å². The molecular formula is C10H19N3O. The topological polar surface area (TPSA) is 50.1 Å². The average Bonchev–Trinajstić information content (AvgIpc) is 2.41. The van der Waals surface area contributed by atoms with Crippen LogP contribution in [0.15, 0.2) is 6.20 Å². The molecule has 0 spiro atoms. The fourth-order valence-electron chi connectivity index (χ4n) is 1.25. The Morgan fingerprint density at radius 3 is 2.71 bits per heavy atom. The van der Waals surface area contributed by atoms with Crippen molar-refractivity contribution in [1.29, 1.82) is 0 Å². The van der Waals surface area contributed by atoms with E-state index in [4.69, 9.17) is 0 Å². The van der Waals surface area contributed by atoms with Crippen molar-refractivity contribution in [3.05, 3.63) is 11.9 Å². The zero-order valence-corrected chi connectivity index (χ0v) is 9.33. The fraction of sp³-hybridized carbons (Fsp3) is 0.700. The first-order chi connectivity index (χ1) is 6.42. The normalized spacial score (nSPS) is 11.8. The van der Waals surface area contributed by atoms with E-state index in [1.165, 1.54) is 0 Å². The van der Waals surface area contributed by atoms with Crippen molar-refractivity contribution in [3.63, 3.8) is 0 Å². The third-order valence-corrected chi connectivity index (χ3v) is 1.95. The van der Waals surface area contributed by atoms with Crippen LogP contribution in [0.1, 0.15) is 26.5 Å². The lowest BCUT2D eigenvalue weighted by molar-refractivity contribution is 0.0945. The Bertz CT molecular complexity index is 299. The lowest BCUT2D eigenvalue weighted by Gasteiger charge is -2.18. The molecule has 0 aliphatic heterocycles. The first-order valence-corrected chi connectivity index (χ1v) is 4.91. The minimum atomic E-state index is -0.694. The van der Waals surface area contributed by atoms with Gasteiger partial charge in [-0.1, -0.05) is 6.92 Å². The predicted molar refractivity (Wildman–Crippen MR) is 57.4 cm³/mol. The van der Waals surface area contributed by atoms with Gasteiger partial charge in [0.15, 0.2) is 0 Å². The van der Waals surface area contributed by atoms with Gasteiger partial charge in [0.05, 0.1) is 17.0 Å². The summed E-state index contributed by atoms with van der Waals surface area (Å²) < 4.78 is 1.78. The van der Waals surface area contributed by atoms with Gasteiger partial charge in [0.25, 0.3) is 0 Å². The maximum atomic E-state index is 9.56. The highest BCUT2D eigenvalue weighted by Gasteiger charge is 2.13. The second kappa shape index (κ2) is 4.00. The molecule has 0 amide bonds. The smallest absolute Gasteiger partial charge is 0.0853 e. The molecule has 0 aliphatic rings. The Kier molecular flexibility index (Phi) is 3.16. The molecule has 4 nitrogen and oxygen atoms in total. The Labute approximate surface area is 84.9 Å². The second-order valence-corrected chi connectivity index (χ2v) is 4.18. The van der Waals surface area contributed by atoms with Crippen molar-refractivity contribution in [3.8, 4) is 0 Å². The number of aromatic nitrogens is 2. The van der Waals surface area contributed by atoms with Crippen LogP contribution < -0.4 is 5.32 Å². The molecule has 0 aromatic carbocycles. The Hall–Kier alpha value is -1.03. The van der Waals surface area contributed by atoms with Crippen molar-refractivity contribution in [2.45, 2.75) is 32.8 Å². The van der Waals surface area contributed by atoms with Gasteiger partial charge in [0, 0.05) is 19.8 Å². The lowest BCUT2D eigenvalue weighted by atomic mass is 10.1. The standard InChI is InChI=1S/C10H19N3O/c1-5-8-9(6-13(4)12-8)11-7-10(2,3)14/h6,11,14H,5,7H2,1-4H3. The van der Waals surface area contributed by atoms with E-state index in [9.17, 15) is 5.11 Å². The summed E-state index contributed by atoms with van der Waals surface area (Å²) in [5, 5.41) is 17.1. The van der Waals surface area contributed by atoms with Gasteiger partial charge < -0.3 is 10.4 Å². The molecule has 1 rings (SSSR count). The molecule has 14 heavy (non-hydrogen) atoms. The minimum Gasteiger partial charge on any atom is -0.389 e. The summed E-state index contributed by atoms with van der Waals surface area (Å²) in [6.07, 6.45) is 2.83. The summed E-state index contributed by atoms with van der Waals surface area (Å²) in [4.78, 5) is 0. The van der Waals surface area contributed by atoms with E-state index in [1.807, 2.05) is 13.2 Å². The molecule has 1 heterocycles. The molecule has 1 aromatic heterocycles. The first-order valence-electron chi connectivity index (χ1n) is 4.91. The van der Waals surface area contributed by atoms with E-state index in [0.29, 0.717) is 6.54 Å². The summed E-state index contributed by atoms with van der Waals surface area (Å²) in [5.41, 5.74) is 1.36. The second-order valence-electron chi connectivity index (χ2n) is 4.18. The van der Waals surface area contributed by atoms with Crippen LogP contribution >= 0.6 is 0 Å². The van der Waals surface area contributed by atoms with E-state index >= 15 is 0 Å². The van der Waals surface area contributed by atoms with Crippen molar-refractivity contribution in [1.82, 2.24) is 9.78 Å². The molecule has 1 aromatic rings. The molecule has 0 saturated carbocycles. The number of aliphatic hydroxyl groups is 1. The maximum absolute atomic E-state index is 9.56. The Balaban J connectivity index is 2.66. The van der Waals surface area contributed by atoms with E-state index in [1.54, 1.807) is 18.5 Å².